The number of hydrogen-bond acceptors (Lipinski definition) is 3. The van der Waals surface area contributed by atoms with Gasteiger partial charge < -0.3 is 9.80 Å². The molecule has 0 N–H and O–H groups in total. The average Bonchev–Trinajstić information content (AvgIpc) is 2.78. The van der Waals surface area contributed by atoms with Gasteiger partial charge in [0, 0.05) is 40.1 Å². The van der Waals surface area contributed by atoms with Crippen LogP contribution in [0.25, 0.3) is 5.82 Å². The van der Waals surface area contributed by atoms with Crippen molar-refractivity contribution in [2.75, 3.05) is 28.2 Å². The molecule has 0 unspecified atom stereocenters. The third-order valence-corrected chi connectivity index (χ3v) is 3.24. The fourth-order valence-electron chi connectivity index (χ4n) is 2.34. The molecule has 0 fully saturated rings. The SMILES string of the molecule is Cc1cc(C)n(-c2ccc(CN=C(N(C)C)N(C)C)cn2)n1. The number of pyridine rings is 1. The van der Waals surface area contributed by atoms with Gasteiger partial charge in [-0.2, -0.15) is 5.10 Å². The van der Waals surface area contributed by atoms with Gasteiger partial charge >= 0.3 is 0 Å². The Hall–Kier alpha value is -2.37. The predicted molar refractivity (Wildman–Crippen MR) is 89.3 cm³/mol. The zero-order valence-corrected chi connectivity index (χ0v) is 14.2. The highest BCUT2D eigenvalue weighted by Gasteiger charge is 2.06. The van der Waals surface area contributed by atoms with E-state index in [4.69, 9.17) is 0 Å². The van der Waals surface area contributed by atoms with Gasteiger partial charge in [0.1, 0.15) is 0 Å². The Labute approximate surface area is 132 Å². The van der Waals surface area contributed by atoms with E-state index in [0.29, 0.717) is 6.54 Å². The Morgan fingerprint density at radius 1 is 1.14 bits per heavy atom. The van der Waals surface area contributed by atoms with Crippen molar-refractivity contribution in [1.29, 1.82) is 0 Å². The molecule has 0 saturated heterocycles. The van der Waals surface area contributed by atoms with Crippen LogP contribution >= 0.6 is 0 Å². The van der Waals surface area contributed by atoms with Crippen LogP contribution in [-0.2, 0) is 6.54 Å². The molecule has 0 amide bonds. The Balaban J connectivity index is 2.16. The fraction of sp³-hybridized carbons (Fsp3) is 0.438. The summed E-state index contributed by atoms with van der Waals surface area (Å²) >= 11 is 0. The van der Waals surface area contributed by atoms with Crippen molar-refractivity contribution in [2.24, 2.45) is 4.99 Å². The van der Waals surface area contributed by atoms with Crippen LogP contribution < -0.4 is 0 Å². The lowest BCUT2D eigenvalue weighted by Gasteiger charge is -2.22. The van der Waals surface area contributed by atoms with Crippen molar-refractivity contribution in [3.05, 3.63) is 41.3 Å². The van der Waals surface area contributed by atoms with Crippen LogP contribution in [-0.4, -0.2) is 58.7 Å². The third-order valence-electron chi connectivity index (χ3n) is 3.24. The normalized spacial score (nSPS) is 10.5. The minimum absolute atomic E-state index is 0.607. The summed E-state index contributed by atoms with van der Waals surface area (Å²) in [6, 6.07) is 6.07. The molecule has 0 saturated carbocycles. The molecule has 2 aromatic heterocycles. The lowest BCUT2D eigenvalue weighted by atomic mass is 10.3. The molecular formula is C16H24N6. The quantitative estimate of drug-likeness (QED) is 0.641. The van der Waals surface area contributed by atoms with Gasteiger partial charge in [-0.25, -0.2) is 14.7 Å². The van der Waals surface area contributed by atoms with Crippen molar-refractivity contribution in [1.82, 2.24) is 24.6 Å². The molecule has 0 radical (unpaired) electrons. The van der Waals surface area contributed by atoms with Crippen molar-refractivity contribution in [2.45, 2.75) is 20.4 Å². The minimum atomic E-state index is 0.607. The Morgan fingerprint density at radius 3 is 2.27 bits per heavy atom. The van der Waals surface area contributed by atoms with Crippen LogP contribution in [0, 0.1) is 13.8 Å². The highest BCUT2D eigenvalue weighted by Crippen LogP contribution is 2.11. The summed E-state index contributed by atoms with van der Waals surface area (Å²) in [4.78, 5) is 13.1. The molecule has 118 valence electrons. The predicted octanol–water partition coefficient (Wildman–Crippen LogP) is 1.86. The highest BCUT2D eigenvalue weighted by atomic mass is 15.3. The van der Waals surface area contributed by atoms with E-state index in [-0.39, 0.29) is 0 Å². The summed E-state index contributed by atoms with van der Waals surface area (Å²) < 4.78 is 1.85. The van der Waals surface area contributed by atoms with E-state index in [1.54, 1.807) is 0 Å². The van der Waals surface area contributed by atoms with Crippen molar-refractivity contribution < 1.29 is 0 Å². The van der Waals surface area contributed by atoms with Gasteiger partial charge in [0.2, 0.25) is 0 Å². The summed E-state index contributed by atoms with van der Waals surface area (Å²) in [5.74, 6) is 1.77. The molecule has 0 bridgehead atoms. The molecule has 2 rings (SSSR count). The standard InChI is InChI=1S/C16H24N6/c1-12-9-13(2)22(19-12)15-8-7-14(10-17-15)11-18-16(20(3)4)21(5)6/h7-10H,11H2,1-6H3. The first-order chi connectivity index (χ1) is 10.4. The highest BCUT2D eigenvalue weighted by molar-refractivity contribution is 5.79. The Kier molecular flexibility index (Phi) is 4.80. The smallest absolute Gasteiger partial charge is 0.195 e. The van der Waals surface area contributed by atoms with Crippen LogP contribution in [0.3, 0.4) is 0 Å². The summed E-state index contributed by atoms with van der Waals surface area (Å²) in [5.41, 5.74) is 3.15. The van der Waals surface area contributed by atoms with Crippen molar-refractivity contribution in [3.63, 3.8) is 0 Å². The number of aryl methyl sites for hydroxylation is 2. The lowest BCUT2D eigenvalue weighted by molar-refractivity contribution is 0.479. The number of nitrogens with zero attached hydrogens (tertiary/aromatic N) is 6. The molecule has 6 heteroatoms. The molecule has 0 aromatic carbocycles. The Bertz CT molecular complexity index is 642. The van der Waals surface area contributed by atoms with Crippen LogP contribution in [0.15, 0.2) is 29.4 Å². The summed E-state index contributed by atoms with van der Waals surface area (Å²) in [5, 5.41) is 4.44. The molecular weight excluding hydrogens is 276 g/mol. The van der Waals surface area contributed by atoms with E-state index >= 15 is 0 Å². The molecule has 0 spiro atoms. The van der Waals surface area contributed by atoms with Crippen molar-refractivity contribution >= 4 is 5.96 Å². The molecule has 0 aliphatic heterocycles. The van der Waals surface area contributed by atoms with E-state index in [2.05, 4.69) is 15.1 Å². The number of rotatable bonds is 3. The van der Waals surface area contributed by atoms with Crippen LogP contribution in [0.2, 0.25) is 0 Å². The van der Waals surface area contributed by atoms with Gasteiger partial charge in [0.15, 0.2) is 11.8 Å². The molecule has 0 atom stereocenters. The maximum absolute atomic E-state index is 4.62. The first kappa shape index (κ1) is 16.0. The molecule has 0 aliphatic rings. The van der Waals surface area contributed by atoms with E-state index in [1.807, 2.05) is 80.9 Å². The second-order valence-corrected chi connectivity index (χ2v) is 5.77. The second-order valence-electron chi connectivity index (χ2n) is 5.77. The van der Waals surface area contributed by atoms with Gasteiger partial charge in [-0.3, -0.25) is 0 Å². The number of guanidine groups is 1. The maximum Gasteiger partial charge on any atom is 0.195 e. The first-order valence-corrected chi connectivity index (χ1v) is 7.26. The summed E-state index contributed by atoms with van der Waals surface area (Å²) in [7, 11) is 7.96. The molecule has 2 heterocycles. The summed E-state index contributed by atoms with van der Waals surface area (Å²) in [6.45, 7) is 4.62. The van der Waals surface area contributed by atoms with Gasteiger partial charge in [0.05, 0.1) is 12.2 Å². The minimum Gasteiger partial charge on any atom is -0.349 e. The fourth-order valence-corrected chi connectivity index (χ4v) is 2.34. The third kappa shape index (κ3) is 3.63. The van der Waals surface area contributed by atoms with E-state index in [9.17, 15) is 0 Å². The topological polar surface area (TPSA) is 49.6 Å². The van der Waals surface area contributed by atoms with Crippen LogP contribution in [0.1, 0.15) is 17.0 Å². The zero-order valence-electron chi connectivity index (χ0n) is 14.2. The first-order valence-electron chi connectivity index (χ1n) is 7.26. The van der Waals surface area contributed by atoms with Gasteiger partial charge in [-0.15, -0.1) is 0 Å². The monoisotopic (exact) mass is 300 g/mol. The number of hydrogen-bond donors (Lipinski definition) is 0. The zero-order chi connectivity index (χ0) is 16.3. The average molecular weight is 300 g/mol. The number of aliphatic imine (C=N–C) groups is 1. The summed E-state index contributed by atoms with van der Waals surface area (Å²) in [6.07, 6.45) is 1.86. The van der Waals surface area contributed by atoms with Gasteiger partial charge in [0.25, 0.3) is 0 Å². The molecule has 2 aromatic rings. The van der Waals surface area contributed by atoms with Crippen molar-refractivity contribution in [3.8, 4) is 5.82 Å². The molecule has 0 aliphatic carbocycles. The van der Waals surface area contributed by atoms with Gasteiger partial charge in [-0.05, 0) is 31.5 Å². The number of aromatic nitrogens is 3. The van der Waals surface area contributed by atoms with E-state index in [1.165, 1.54) is 0 Å². The second kappa shape index (κ2) is 6.60. The lowest BCUT2D eigenvalue weighted by Crippen LogP contribution is -2.35. The Morgan fingerprint density at radius 2 is 1.82 bits per heavy atom. The van der Waals surface area contributed by atoms with Crippen LogP contribution in [0.4, 0.5) is 0 Å². The van der Waals surface area contributed by atoms with Crippen LogP contribution in [0.5, 0.6) is 0 Å². The molecule has 6 nitrogen and oxygen atoms in total. The molecule has 22 heavy (non-hydrogen) atoms. The van der Waals surface area contributed by atoms with E-state index < -0.39 is 0 Å². The van der Waals surface area contributed by atoms with E-state index in [0.717, 1.165) is 28.7 Å². The van der Waals surface area contributed by atoms with Gasteiger partial charge in [-0.1, -0.05) is 6.07 Å². The maximum atomic E-state index is 4.62. The largest absolute Gasteiger partial charge is 0.349 e.